The third-order valence-electron chi connectivity index (χ3n) is 4.27. The van der Waals surface area contributed by atoms with Gasteiger partial charge < -0.3 is 0 Å². The molecule has 0 N–H and O–H groups in total. The van der Waals surface area contributed by atoms with Crippen molar-refractivity contribution in [2.75, 3.05) is 0 Å². The average molecular weight is 164 g/mol. The fourth-order valence-corrected chi connectivity index (χ4v) is 3.75. The fourth-order valence-electron chi connectivity index (χ4n) is 3.75. The van der Waals surface area contributed by atoms with Gasteiger partial charge in [0.1, 0.15) is 0 Å². The van der Waals surface area contributed by atoms with Gasteiger partial charge in [0.15, 0.2) is 0 Å². The maximum Gasteiger partial charge on any atom is -0.0172 e. The van der Waals surface area contributed by atoms with Gasteiger partial charge in [0.2, 0.25) is 0 Å². The molecule has 2 saturated carbocycles. The molecule has 2 aliphatic rings. The highest BCUT2D eigenvalue weighted by Gasteiger charge is 2.47. The van der Waals surface area contributed by atoms with Gasteiger partial charge in [0.25, 0.3) is 0 Å². The van der Waals surface area contributed by atoms with Crippen LogP contribution in [0.4, 0.5) is 0 Å². The first-order valence-electron chi connectivity index (χ1n) is 5.48. The molecule has 12 heavy (non-hydrogen) atoms. The lowest BCUT2D eigenvalue weighted by atomic mass is 9.77. The van der Waals surface area contributed by atoms with E-state index in [1.54, 1.807) is 5.57 Å². The minimum atomic E-state index is 0.907. The van der Waals surface area contributed by atoms with Crippen LogP contribution in [0.15, 0.2) is 12.2 Å². The van der Waals surface area contributed by atoms with E-state index in [4.69, 9.17) is 0 Å². The Labute approximate surface area is 76.1 Å². The lowest BCUT2D eigenvalue weighted by molar-refractivity contribution is 0.209. The second-order valence-electron chi connectivity index (χ2n) is 4.51. The standard InChI is InChI=1S/C12H20/c1-4-9-10(5-2)12-7-6-11(9)8(12)3/h9-12H,3-7H2,1-2H3/t9-,10+,11-,12+. The van der Waals surface area contributed by atoms with E-state index in [2.05, 4.69) is 20.4 Å². The van der Waals surface area contributed by atoms with Crippen LogP contribution in [-0.2, 0) is 0 Å². The molecule has 0 heteroatoms. The highest BCUT2D eigenvalue weighted by molar-refractivity contribution is 5.21. The summed E-state index contributed by atoms with van der Waals surface area (Å²) < 4.78 is 0. The van der Waals surface area contributed by atoms with Crippen LogP contribution in [-0.4, -0.2) is 0 Å². The van der Waals surface area contributed by atoms with Gasteiger partial charge in [-0.3, -0.25) is 0 Å². The van der Waals surface area contributed by atoms with Crippen molar-refractivity contribution < 1.29 is 0 Å². The number of allylic oxidation sites excluding steroid dienone is 1. The molecule has 0 amide bonds. The molecule has 0 spiro atoms. The van der Waals surface area contributed by atoms with Crippen LogP contribution in [0.3, 0.4) is 0 Å². The Bertz CT molecular complexity index is 172. The first-order valence-corrected chi connectivity index (χ1v) is 5.48. The average Bonchev–Trinajstić information content (AvgIpc) is 2.58. The minimum absolute atomic E-state index is 0.907. The molecular weight excluding hydrogens is 144 g/mol. The predicted octanol–water partition coefficient (Wildman–Crippen LogP) is 3.63. The van der Waals surface area contributed by atoms with Crippen molar-refractivity contribution in [3.63, 3.8) is 0 Å². The summed E-state index contributed by atoms with van der Waals surface area (Å²) in [5, 5.41) is 0. The van der Waals surface area contributed by atoms with Crippen molar-refractivity contribution in [1.29, 1.82) is 0 Å². The molecule has 0 saturated heterocycles. The molecule has 0 heterocycles. The lowest BCUT2D eigenvalue weighted by Gasteiger charge is -2.28. The largest absolute Gasteiger partial charge is 0.0993 e. The predicted molar refractivity (Wildman–Crippen MR) is 52.9 cm³/mol. The second-order valence-corrected chi connectivity index (χ2v) is 4.51. The van der Waals surface area contributed by atoms with E-state index in [0.29, 0.717) is 0 Å². The second kappa shape index (κ2) is 2.90. The molecule has 0 unspecified atom stereocenters. The molecule has 0 nitrogen and oxygen atoms in total. The van der Waals surface area contributed by atoms with Crippen LogP contribution < -0.4 is 0 Å². The molecule has 2 fully saturated rings. The highest BCUT2D eigenvalue weighted by Crippen LogP contribution is 2.57. The summed E-state index contributed by atoms with van der Waals surface area (Å²) in [6.45, 7) is 8.97. The SMILES string of the molecule is C=C1[C@H]2CC[C@@H]1[C@@H](CC)[C@H]2CC. The summed E-state index contributed by atoms with van der Waals surface area (Å²) in [4.78, 5) is 0. The van der Waals surface area contributed by atoms with Gasteiger partial charge in [0.05, 0.1) is 0 Å². The summed E-state index contributed by atoms with van der Waals surface area (Å²) in [5.74, 6) is 3.79. The van der Waals surface area contributed by atoms with Gasteiger partial charge in [-0.05, 0) is 36.5 Å². The quantitative estimate of drug-likeness (QED) is 0.547. The zero-order valence-electron chi connectivity index (χ0n) is 8.34. The molecule has 0 aliphatic heterocycles. The Morgan fingerprint density at radius 1 is 1.08 bits per heavy atom. The third kappa shape index (κ3) is 0.901. The van der Waals surface area contributed by atoms with E-state index in [1.165, 1.54) is 25.7 Å². The van der Waals surface area contributed by atoms with Gasteiger partial charge in [-0.15, -0.1) is 0 Å². The summed E-state index contributed by atoms with van der Waals surface area (Å²) in [7, 11) is 0. The van der Waals surface area contributed by atoms with Crippen LogP contribution in [0.1, 0.15) is 39.5 Å². The van der Waals surface area contributed by atoms with E-state index in [1.807, 2.05) is 0 Å². The Morgan fingerprint density at radius 2 is 1.50 bits per heavy atom. The fraction of sp³-hybridized carbons (Fsp3) is 0.833. The maximum atomic E-state index is 4.28. The molecule has 2 aliphatic carbocycles. The Kier molecular flexibility index (Phi) is 2.02. The molecule has 68 valence electrons. The van der Waals surface area contributed by atoms with Crippen LogP contribution in [0.2, 0.25) is 0 Å². The zero-order valence-corrected chi connectivity index (χ0v) is 8.34. The molecule has 2 rings (SSSR count). The number of hydrogen-bond donors (Lipinski definition) is 0. The van der Waals surface area contributed by atoms with E-state index in [-0.39, 0.29) is 0 Å². The van der Waals surface area contributed by atoms with E-state index in [0.717, 1.165) is 23.7 Å². The molecule has 0 aromatic rings. The van der Waals surface area contributed by atoms with Crippen molar-refractivity contribution in [3.8, 4) is 0 Å². The van der Waals surface area contributed by atoms with Crippen molar-refractivity contribution >= 4 is 0 Å². The van der Waals surface area contributed by atoms with E-state index in [9.17, 15) is 0 Å². The summed E-state index contributed by atoms with van der Waals surface area (Å²) in [5.41, 5.74) is 1.61. The topological polar surface area (TPSA) is 0 Å². The van der Waals surface area contributed by atoms with Gasteiger partial charge in [-0.1, -0.05) is 38.8 Å². The number of fused-ring (bicyclic) bond motifs is 2. The summed E-state index contributed by atoms with van der Waals surface area (Å²) >= 11 is 0. The molecule has 0 aromatic carbocycles. The highest BCUT2D eigenvalue weighted by atomic mass is 14.5. The lowest BCUT2D eigenvalue weighted by Crippen LogP contribution is -2.20. The first-order chi connectivity index (χ1) is 5.79. The Hall–Kier alpha value is -0.260. The van der Waals surface area contributed by atoms with Crippen LogP contribution in [0, 0.1) is 23.7 Å². The smallest absolute Gasteiger partial charge is 0.0172 e. The van der Waals surface area contributed by atoms with Gasteiger partial charge in [0, 0.05) is 0 Å². The zero-order chi connectivity index (χ0) is 8.72. The summed E-state index contributed by atoms with van der Waals surface area (Å²) in [6.07, 6.45) is 5.63. The first kappa shape index (κ1) is 8.34. The van der Waals surface area contributed by atoms with Crippen molar-refractivity contribution in [1.82, 2.24) is 0 Å². The monoisotopic (exact) mass is 164 g/mol. The molecular formula is C12H20. The van der Waals surface area contributed by atoms with Crippen LogP contribution >= 0.6 is 0 Å². The van der Waals surface area contributed by atoms with Crippen molar-refractivity contribution in [2.24, 2.45) is 23.7 Å². The van der Waals surface area contributed by atoms with Gasteiger partial charge in [-0.25, -0.2) is 0 Å². The van der Waals surface area contributed by atoms with Crippen molar-refractivity contribution in [2.45, 2.75) is 39.5 Å². The normalized spacial score (nSPS) is 45.7. The Balaban J connectivity index is 2.21. The summed E-state index contributed by atoms with van der Waals surface area (Å²) in [6, 6.07) is 0. The molecule has 2 bridgehead atoms. The molecule has 0 aromatic heterocycles. The van der Waals surface area contributed by atoms with Crippen molar-refractivity contribution in [3.05, 3.63) is 12.2 Å². The van der Waals surface area contributed by atoms with E-state index < -0.39 is 0 Å². The minimum Gasteiger partial charge on any atom is -0.0993 e. The van der Waals surface area contributed by atoms with Crippen LogP contribution in [0.5, 0.6) is 0 Å². The van der Waals surface area contributed by atoms with Crippen LogP contribution in [0.25, 0.3) is 0 Å². The number of hydrogen-bond acceptors (Lipinski definition) is 0. The maximum absolute atomic E-state index is 4.28. The van der Waals surface area contributed by atoms with E-state index >= 15 is 0 Å². The molecule has 0 radical (unpaired) electrons. The Morgan fingerprint density at radius 3 is 1.83 bits per heavy atom. The van der Waals surface area contributed by atoms with Gasteiger partial charge >= 0.3 is 0 Å². The number of rotatable bonds is 2. The molecule has 4 atom stereocenters. The van der Waals surface area contributed by atoms with Gasteiger partial charge in [-0.2, -0.15) is 0 Å². The third-order valence-corrected chi connectivity index (χ3v) is 4.27.